The maximum absolute atomic E-state index is 12.4. The van der Waals surface area contributed by atoms with Crippen molar-refractivity contribution in [3.8, 4) is 0 Å². The summed E-state index contributed by atoms with van der Waals surface area (Å²) in [6.45, 7) is 5.09. The van der Waals surface area contributed by atoms with Gasteiger partial charge in [0.25, 0.3) is 0 Å². The van der Waals surface area contributed by atoms with Gasteiger partial charge in [-0.15, -0.1) is 0 Å². The molecule has 2 aliphatic rings. The molecular formula is C15H20N2O. The first-order valence-electron chi connectivity index (χ1n) is 6.83. The Bertz CT molecular complexity index is 454. The second-order valence-corrected chi connectivity index (χ2v) is 5.67. The van der Waals surface area contributed by atoms with Gasteiger partial charge in [0.15, 0.2) is 0 Å². The van der Waals surface area contributed by atoms with E-state index in [2.05, 4.69) is 30.4 Å². The van der Waals surface area contributed by atoms with E-state index in [4.69, 9.17) is 0 Å². The van der Waals surface area contributed by atoms with E-state index < -0.39 is 0 Å². The summed E-state index contributed by atoms with van der Waals surface area (Å²) >= 11 is 0. The van der Waals surface area contributed by atoms with Gasteiger partial charge in [0.2, 0.25) is 5.91 Å². The molecule has 1 saturated heterocycles. The van der Waals surface area contributed by atoms with Gasteiger partial charge in [0.05, 0.1) is 0 Å². The molecule has 1 aromatic carbocycles. The number of nitrogens with zero attached hydrogens (tertiary/aromatic N) is 1. The molecule has 2 aliphatic heterocycles. The third-order valence-corrected chi connectivity index (χ3v) is 3.98. The maximum Gasteiger partial charge on any atom is 0.227 e. The number of para-hydroxylation sites is 1. The number of carbonyl (C=O) groups is 1. The Morgan fingerprint density at radius 2 is 2.17 bits per heavy atom. The van der Waals surface area contributed by atoms with Gasteiger partial charge in [-0.05, 0) is 43.0 Å². The van der Waals surface area contributed by atoms with Gasteiger partial charge < -0.3 is 10.2 Å². The molecule has 0 radical (unpaired) electrons. The summed E-state index contributed by atoms with van der Waals surface area (Å²) in [6.07, 6.45) is 1.78. The van der Waals surface area contributed by atoms with E-state index in [1.807, 2.05) is 11.0 Å². The second-order valence-electron chi connectivity index (χ2n) is 5.67. The number of nitrogens with one attached hydrogen (secondary N) is 1. The Balaban J connectivity index is 1.80. The lowest BCUT2D eigenvalue weighted by Crippen LogP contribution is -2.47. The fraction of sp³-hybridized carbons (Fsp3) is 0.533. The number of rotatable bonds is 2. The zero-order valence-corrected chi connectivity index (χ0v) is 10.9. The minimum absolute atomic E-state index is 0.292. The second kappa shape index (κ2) is 4.73. The van der Waals surface area contributed by atoms with Gasteiger partial charge in [0.1, 0.15) is 0 Å². The zero-order chi connectivity index (χ0) is 12.5. The fourth-order valence-electron chi connectivity index (χ4n) is 2.88. The van der Waals surface area contributed by atoms with E-state index in [0.717, 1.165) is 31.7 Å². The highest BCUT2D eigenvalue weighted by Gasteiger charge is 2.29. The van der Waals surface area contributed by atoms with Crippen molar-refractivity contribution in [2.75, 3.05) is 24.5 Å². The first kappa shape index (κ1) is 11.7. The molecular weight excluding hydrogens is 224 g/mol. The molecule has 0 bridgehead atoms. The topological polar surface area (TPSA) is 32.3 Å². The van der Waals surface area contributed by atoms with Crippen molar-refractivity contribution in [2.45, 2.75) is 19.8 Å². The standard InChI is InChI=1S/C15H20N2O/c1-11-6-13-4-2-3-5-14(13)17(10-11)15(18)7-12-8-16-9-12/h2-5,11-12,16H,6-10H2,1H3. The summed E-state index contributed by atoms with van der Waals surface area (Å²) in [4.78, 5) is 14.4. The molecule has 1 fully saturated rings. The number of carbonyl (C=O) groups excluding carboxylic acids is 1. The van der Waals surface area contributed by atoms with E-state index in [0.29, 0.717) is 24.2 Å². The number of fused-ring (bicyclic) bond motifs is 1. The zero-order valence-electron chi connectivity index (χ0n) is 10.9. The highest BCUT2D eigenvalue weighted by Crippen LogP contribution is 2.30. The van der Waals surface area contributed by atoms with Crippen molar-refractivity contribution in [3.05, 3.63) is 29.8 Å². The summed E-state index contributed by atoms with van der Waals surface area (Å²) in [5.41, 5.74) is 2.45. The molecule has 18 heavy (non-hydrogen) atoms. The highest BCUT2D eigenvalue weighted by molar-refractivity contribution is 5.94. The normalized spacial score (nSPS) is 23.4. The molecule has 0 saturated carbocycles. The van der Waals surface area contributed by atoms with Crippen LogP contribution < -0.4 is 10.2 Å². The third kappa shape index (κ3) is 2.15. The minimum Gasteiger partial charge on any atom is -0.316 e. The van der Waals surface area contributed by atoms with E-state index in [-0.39, 0.29) is 0 Å². The molecule has 0 aromatic heterocycles. The smallest absolute Gasteiger partial charge is 0.227 e. The molecule has 1 atom stereocenters. The van der Waals surface area contributed by atoms with Crippen molar-refractivity contribution in [2.24, 2.45) is 11.8 Å². The SMILES string of the molecule is CC1Cc2ccccc2N(C(=O)CC2CNC2)C1. The molecule has 1 unspecified atom stereocenters. The Labute approximate surface area is 108 Å². The van der Waals surface area contributed by atoms with Gasteiger partial charge >= 0.3 is 0 Å². The Kier molecular flexibility index (Phi) is 3.08. The molecule has 1 aromatic rings. The molecule has 2 heterocycles. The number of hydrogen-bond donors (Lipinski definition) is 1. The summed E-state index contributed by atoms with van der Waals surface area (Å²) < 4.78 is 0. The summed E-state index contributed by atoms with van der Waals surface area (Å²) in [7, 11) is 0. The van der Waals surface area contributed by atoms with Crippen LogP contribution in [0, 0.1) is 11.8 Å². The molecule has 3 nitrogen and oxygen atoms in total. The Morgan fingerprint density at radius 1 is 1.39 bits per heavy atom. The predicted molar refractivity (Wildman–Crippen MR) is 72.6 cm³/mol. The minimum atomic E-state index is 0.292. The van der Waals surface area contributed by atoms with E-state index in [1.54, 1.807) is 0 Å². The Hall–Kier alpha value is -1.35. The molecule has 3 heteroatoms. The van der Waals surface area contributed by atoms with Crippen molar-refractivity contribution in [1.82, 2.24) is 5.32 Å². The molecule has 96 valence electrons. The first-order chi connectivity index (χ1) is 8.74. The number of benzene rings is 1. The lowest BCUT2D eigenvalue weighted by Gasteiger charge is -2.35. The van der Waals surface area contributed by atoms with Crippen LogP contribution in [0.25, 0.3) is 0 Å². The predicted octanol–water partition coefficient (Wildman–Crippen LogP) is 1.82. The van der Waals surface area contributed by atoms with Crippen LogP contribution in [-0.2, 0) is 11.2 Å². The lowest BCUT2D eigenvalue weighted by molar-refractivity contribution is -0.120. The van der Waals surface area contributed by atoms with Crippen LogP contribution in [0.1, 0.15) is 18.9 Å². The fourth-order valence-corrected chi connectivity index (χ4v) is 2.88. The highest BCUT2D eigenvalue weighted by atomic mass is 16.2. The third-order valence-electron chi connectivity index (χ3n) is 3.98. The van der Waals surface area contributed by atoms with Crippen LogP contribution in [-0.4, -0.2) is 25.5 Å². The monoisotopic (exact) mass is 244 g/mol. The van der Waals surface area contributed by atoms with Gasteiger partial charge in [-0.2, -0.15) is 0 Å². The average molecular weight is 244 g/mol. The largest absolute Gasteiger partial charge is 0.316 e. The first-order valence-corrected chi connectivity index (χ1v) is 6.83. The number of hydrogen-bond acceptors (Lipinski definition) is 2. The van der Waals surface area contributed by atoms with Crippen LogP contribution >= 0.6 is 0 Å². The molecule has 1 amide bonds. The van der Waals surface area contributed by atoms with Crippen molar-refractivity contribution in [3.63, 3.8) is 0 Å². The summed E-state index contributed by atoms with van der Waals surface area (Å²) in [5, 5.41) is 3.23. The van der Waals surface area contributed by atoms with Crippen LogP contribution in [0.4, 0.5) is 5.69 Å². The Morgan fingerprint density at radius 3 is 2.89 bits per heavy atom. The molecule has 1 N–H and O–H groups in total. The number of anilines is 1. The molecule has 0 aliphatic carbocycles. The van der Waals surface area contributed by atoms with E-state index in [1.165, 1.54) is 5.56 Å². The van der Waals surface area contributed by atoms with Gasteiger partial charge in [-0.1, -0.05) is 25.1 Å². The summed E-state index contributed by atoms with van der Waals surface area (Å²) in [6, 6.07) is 8.32. The average Bonchev–Trinajstić information content (AvgIpc) is 2.32. The summed E-state index contributed by atoms with van der Waals surface area (Å²) in [5.74, 6) is 1.39. The van der Waals surface area contributed by atoms with Gasteiger partial charge in [0, 0.05) is 18.7 Å². The van der Waals surface area contributed by atoms with E-state index in [9.17, 15) is 4.79 Å². The maximum atomic E-state index is 12.4. The van der Waals surface area contributed by atoms with Gasteiger partial charge in [-0.3, -0.25) is 4.79 Å². The van der Waals surface area contributed by atoms with Crippen molar-refractivity contribution >= 4 is 11.6 Å². The lowest BCUT2D eigenvalue weighted by atomic mass is 9.92. The molecule has 3 rings (SSSR count). The quantitative estimate of drug-likeness (QED) is 0.860. The van der Waals surface area contributed by atoms with Crippen LogP contribution in [0.3, 0.4) is 0 Å². The van der Waals surface area contributed by atoms with Crippen molar-refractivity contribution < 1.29 is 4.79 Å². The van der Waals surface area contributed by atoms with Crippen LogP contribution in [0.2, 0.25) is 0 Å². The number of amides is 1. The molecule has 0 spiro atoms. The van der Waals surface area contributed by atoms with Crippen LogP contribution in [0.15, 0.2) is 24.3 Å². The van der Waals surface area contributed by atoms with E-state index >= 15 is 0 Å². The van der Waals surface area contributed by atoms with Gasteiger partial charge in [-0.25, -0.2) is 0 Å². The van der Waals surface area contributed by atoms with Crippen LogP contribution in [0.5, 0.6) is 0 Å². The van der Waals surface area contributed by atoms with Crippen molar-refractivity contribution in [1.29, 1.82) is 0 Å².